The maximum Gasteiger partial charge on any atom is 0.132 e. The largest absolute Gasteiger partial charge is 0.282 e. The van der Waals surface area contributed by atoms with Gasteiger partial charge in [-0.05, 0) is 31.2 Å². The van der Waals surface area contributed by atoms with Crippen LogP contribution in [0.25, 0.3) is 11.3 Å². The fraction of sp³-hybridized carbons (Fsp3) is 0.100. The van der Waals surface area contributed by atoms with Crippen LogP contribution in [0.5, 0.6) is 0 Å². The molecular weight excluding hydrogens is 247 g/mol. The number of halogens is 2. The molecule has 0 aliphatic carbocycles. The lowest BCUT2D eigenvalue weighted by molar-refractivity contribution is 0.630. The van der Waals surface area contributed by atoms with Crippen LogP contribution in [0, 0.1) is 12.7 Å². The predicted octanol–water partition coefficient (Wildman–Crippen LogP) is 3.29. The van der Waals surface area contributed by atoms with Crippen LogP contribution in [0.4, 0.5) is 4.39 Å². The lowest BCUT2D eigenvalue weighted by atomic mass is 10.1. The zero-order chi connectivity index (χ0) is 10.1. The second-order valence-electron chi connectivity index (χ2n) is 3.06. The Morgan fingerprint density at radius 2 is 2.14 bits per heavy atom. The van der Waals surface area contributed by atoms with E-state index in [0.29, 0.717) is 11.3 Å². The highest BCUT2D eigenvalue weighted by atomic mass is 79.9. The molecule has 2 nitrogen and oxygen atoms in total. The molecule has 0 aliphatic heterocycles. The van der Waals surface area contributed by atoms with Crippen LogP contribution < -0.4 is 0 Å². The fourth-order valence-corrected chi connectivity index (χ4v) is 1.61. The summed E-state index contributed by atoms with van der Waals surface area (Å²) in [4.78, 5) is 0. The van der Waals surface area contributed by atoms with Crippen molar-refractivity contribution in [3.8, 4) is 11.3 Å². The molecule has 0 unspecified atom stereocenters. The number of aromatic amines is 1. The van der Waals surface area contributed by atoms with E-state index >= 15 is 0 Å². The highest BCUT2D eigenvalue weighted by Crippen LogP contribution is 2.24. The van der Waals surface area contributed by atoms with Gasteiger partial charge in [-0.1, -0.05) is 15.9 Å². The lowest BCUT2D eigenvalue weighted by Crippen LogP contribution is -1.84. The van der Waals surface area contributed by atoms with Crippen molar-refractivity contribution in [1.82, 2.24) is 10.2 Å². The SMILES string of the molecule is Cc1cc(-c2cc(Br)ccc2F)n[nH]1. The van der Waals surface area contributed by atoms with E-state index in [1.807, 2.05) is 13.0 Å². The number of nitrogens with zero attached hydrogens (tertiary/aromatic N) is 1. The zero-order valence-corrected chi connectivity index (χ0v) is 9.10. The molecule has 72 valence electrons. The van der Waals surface area contributed by atoms with Gasteiger partial charge in [0.05, 0.1) is 5.69 Å². The highest BCUT2D eigenvalue weighted by molar-refractivity contribution is 9.10. The fourth-order valence-electron chi connectivity index (χ4n) is 1.25. The number of nitrogens with one attached hydrogen (secondary N) is 1. The number of benzene rings is 1. The molecule has 1 heterocycles. The minimum atomic E-state index is -0.264. The third-order valence-electron chi connectivity index (χ3n) is 1.91. The minimum absolute atomic E-state index is 0.264. The van der Waals surface area contributed by atoms with Gasteiger partial charge >= 0.3 is 0 Å². The van der Waals surface area contributed by atoms with E-state index in [2.05, 4.69) is 26.1 Å². The molecule has 0 saturated heterocycles. The Morgan fingerprint density at radius 1 is 1.36 bits per heavy atom. The summed E-state index contributed by atoms with van der Waals surface area (Å²) in [6.07, 6.45) is 0. The Morgan fingerprint density at radius 3 is 2.79 bits per heavy atom. The minimum Gasteiger partial charge on any atom is -0.282 e. The molecule has 2 rings (SSSR count). The number of hydrogen-bond acceptors (Lipinski definition) is 1. The normalized spacial score (nSPS) is 10.5. The van der Waals surface area contributed by atoms with Crippen molar-refractivity contribution in [3.05, 3.63) is 40.2 Å². The molecule has 1 aromatic carbocycles. The Kier molecular flexibility index (Phi) is 2.37. The van der Waals surface area contributed by atoms with Gasteiger partial charge in [0.15, 0.2) is 0 Å². The third-order valence-corrected chi connectivity index (χ3v) is 2.40. The van der Waals surface area contributed by atoms with E-state index in [1.165, 1.54) is 6.07 Å². The monoisotopic (exact) mass is 254 g/mol. The first-order valence-electron chi connectivity index (χ1n) is 4.14. The van der Waals surface area contributed by atoms with Crippen LogP contribution in [-0.4, -0.2) is 10.2 Å². The third kappa shape index (κ3) is 1.70. The van der Waals surface area contributed by atoms with Gasteiger partial charge in [-0.2, -0.15) is 5.10 Å². The molecule has 1 aromatic heterocycles. The first-order chi connectivity index (χ1) is 6.66. The Labute approximate surface area is 89.3 Å². The summed E-state index contributed by atoms with van der Waals surface area (Å²) in [6, 6.07) is 6.61. The Balaban J connectivity index is 2.55. The van der Waals surface area contributed by atoms with Crippen molar-refractivity contribution >= 4 is 15.9 Å². The van der Waals surface area contributed by atoms with Gasteiger partial charge in [0.1, 0.15) is 5.82 Å². The summed E-state index contributed by atoms with van der Waals surface area (Å²) in [5.41, 5.74) is 2.05. The average molecular weight is 255 g/mol. The van der Waals surface area contributed by atoms with Crippen molar-refractivity contribution in [1.29, 1.82) is 0 Å². The quantitative estimate of drug-likeness (QED) is 0.832. The average Bonchev–Trinajstić information content (AvgIpc) is 2.56. The maximum absolute atomic E-state index is 13.4. The van der Waals surface area contributed by atoms with Gasteiger partial charge in [-0.15, -0.1) is 0 Å². The predicted molar refractivity (Wildman–Crippen MR) is 56.4 cm³/mol. The summed E-state index contributed by atoms with van der Waals surface area (Å²) in [6.45, 7) is 1.88. The summed E-state index contributed by atoms with van der Waals surface area (Å²) in [7, 11) is 0. The number of hydrogen-bond donors (Lipinski definition) is 1. The maximum atomic E-state index is 13.4. The van der Waals surface area contributed by atoms with Crippen LogP contribution in [0.15, 0.2) is 28.7 Å². The molecule has 14 heavy (non-hydrogen) atoms. The van der Waals surface area contributed by atoms with E-state index in [9.17, 15) is 4.39 Å². The van der Waals surface area contributed by atoms with Crippen LogP contribution in [0.3, 0.4) is 0 Å². The van der Waals surface area contributed by atoms with Gasteiger partial charge < -0.3 is 0 Å². The molecule has 0 aliphatic rings. The molecule has 0 spiro atoms. The second-order valence-corrected chi connectivity index (χ2v) is 3.98. The van der Waals surface area contributed by atoms with E-state index < -0.39 is 0 Å². The zero-order valence-electron chi connectivity index (χ0n) is 7.51. The van der Waals surface area contributed by atoms with Crippen LogP contribution in [-0.2, 0) is 0 Å². The molecule has 0 amide bonds. The van der Waals surface area contributed by atoms with Gasteiger partial charge in [-0.3, -0.25) is 5.10 Å². The Bertz CT molecular complexity index is 465. The summed E-state index contributed by atoms with van der Waals surface area (Å²) >= 11 is 3.30. The number of aryl methyl sites for hydroxylation is 1. The number of H-pyrrole nitrogens is 1. The smallest absolute Gasteiger partial charge is 0.132 e. The molecule has 0 bridgehead atoms. The summed E-state index contributed by atoms with van der Waals surface area (Å²) in [5, 5.41) is 6.78. The summed E-state index contributed by atoms with van der Waals surface area (Å²) in [5.74, 6) is -0.264. The van der Waals surface area contributed by atoms with Crippen molar-refractivity contribution < 1.29 is 4.39 Å². The lowest BCUT2D eigenvalue weighted by Gasteiger charge is -1.99. The van der Waals surface area contributed by atoms with E-state index in [-0.39, 0.29) is 5.82 Å². The van der Waals surface area contributed by atoms with Crippen LogP contribution in [0.2, 0.25) is 0 Å². The molecule has 1 N–H and O–H groups in total. The summed E-state index contributed by atoms with van der Waals surface area (Å²) < 4.78 is 14.2. The standard InChI is InChI=1S/C10H8BrFN2/c1-6-4-10(14-13-6)8-5-7(11)2-3-9(8)12/h2-5H,1H3,(H,13,14). The first kappa shape index (κ1) is 9.40. The molecular formula is C10H8BrFN2. The van der Waals surface area contributed by atoms with Gasteiger partial charge in [0.25, 0.3) is 0 Å². The molecule has 0 atom stereocenters. The van der Waals surface area contributed by atoms with Crippen molar-refractivity contribution in [2.75, 3.05) is 0 Å². The van der Waals surface area contributed by atoms with E-state index in [1.54, 1.807) is 12.1 Å². The van der Waals surface area contributed by atoms with Crippen molar-refractivity contribution in [3.63, 3.8) is 0 Å². The van der Waals surface area contributed by atoms with Gasteiger partial charge in [0, 0.05) is 15.7 Å². The molecule has 0 radical (unpaired) electrons. The van der Waals surface area contributed by atoms with E-state index in [4.69, 9.17) is 0 Å². The molecule has 0 fully saturated rings. The van der Waals surface area contributed by atoms with Crippen molar-refractivity contribution in [2.24, 2.45) is 0 Å². The van der Waals surface area contributed by atoms with Crippen LogP contribution >= 0.6 is 15.9 Å². The first-order valence-corrected chi connectivity index (χ1v) is 4.93. The van der Waals surface area contributed by atoms with E-state index in [0.717, 1.165) is 10.2 Å². The van der Waals surface area contributed by atoms with Crippen LogP contribution in [0.1, 0.15) is 5.69 Å². The van der Waals surface area contributed by atoms with Gasteiger partial charge in [-0.25, -0.2) is 4.39 Å². The number of aromatic nitrogens is 2. The van der Waals surface area contributed by atoms with Crippen molar-refractivity contribution in [2.45, 2.75) is 6.92 Å². The molecule has 2 aromatic rings. The Hall–Kier alpha value is -1.16. The van der Waals surface area contributed by atoms with Gasteiger partial charge in [0.2, 0.25) is 0 Å². The second kappa shape index (κ2) is 3.53. The number of rotatable bonds is 1. The topological polar surface area (TPSA) is 28.7 Å². The molecule has 0 saturated carbocycles. The highest BCUT2D eigenvalue weighted by Gasteiger charge is 2.08. The molecule has 4 heteroatoms.